The summed E-state index contributed by atoms with van der Waals surface area (Å²) in [5, 5.41) is 7.83. The average Bonchev–Trinajstić information content (AvgIpc) is 2.38. The summed E-state index contributed by atoms with van der Waals surface area (Å²) >= 11 is 0. The molecule has 0 aliphatic carbocycles. The maximum Gasteiger partial charge on any atom is 0.0525 e. The molecule has 3 nitrogen and oxygen atoms in total. The first-order valence-corrected chi connectivity index (χ1v) is 5.16. The van der Waals surface area contributed by atoms with E-state index in [0.717, 1.165) is 32.5 Å². The van der Waals surface area contributed by atoms with Crippen molar-refractivity contribution in [3.63, 3.8) is 0 Å². The van der Waals surface area contributed by atoms with Crippen molar-refractivity contribution >= 4 is 0 Å². The van der Waals surface area contributed by atoms with Crippen molar-refractivity contribution in [1.82, 2.24) is 15.1 Å². The van der Waals surface area contributed by atoms with E-state index in [1.54, 1.807) is 0 Å². The van der Waals surface area contributed by atoms with Crippen LogP contribution in [0, 0.1) is 0 Å². The highest BCUT2D eigenvalue weighted by molar-refractivity contribution is 5.19. The van der Waals surface area contributed by atoms with Gasteiger partial charge < -0.3 is 5.32 Å². The third-order valence-electron chi connectivity index (χ3n) is 2.58. The molecule has 72 valence electrons. The van der Waals surface area contributed by atoms with Gasteiger partial charge in [-0.2, -0.15) is 5.10 Å². The summed E-state index contributed by atoms with van der Waals surface area (Å²) in [6.45, 7) is 5.46. The molecular weight excluding hydrogens is 162 g/mol. The highest BCUT2D eigenvalue weighted by Gasteiger charge is 2.12. The van der Waals surface area contributed by atoms with Crippen molar-refractivity contribution in [2.75, 3.05) is 13.1 Å². The fraction of sp³-hybridized carbons (Fsp3) is 0.700. The summed E-state index contributed by atoms with van der Waals surface area (Å²) in [4.78, 5) is 0. The maximum absolute atomic E-state index is 4.42. The van der Waals surface area contributed by atoms with Crippen LogP contribution in [-0.4, -0.2) is 22.9 Å². The van der Waals surface area contributed by atoms with Gasteiger partial charge in [-0.1, -0.05) is 6.92 Å². The van der Waals surface area contributed by atoms with E-state index in [4.69, 9.17) is 0 Å². The van der Waals surface area contributed by atoms with E-state index >= 15 is 0 Å². The molecular formula is C10H17N3. The second kappa shape index (κ2) is 3.92. The summed E-state index contributed by atoms with van der Waals surface area (Å²) in [6, 6.07) is 0. The van der Waals surface area contributed by atoms with Gasteiger partial charge in [-0.15, -0.1) is 0 Å². The smallest absolute Gasteiger partial charge is 0.0525 e. The van der Waals surface area contributed by atoms with Crippen LogP contribution in [0.4, 0.5) is 0 Å². The fourth-order valence-corrected chi connectivity index (χ4v) is 1.91. The van der Waals surface area contributed by atoms with E-state index in [-0.39, 0.29) is 0 Å². The van der Waals surface area contributed by atoms with E-state index in [1.165, 1.54) is 17.7 Å². The van der Waals surface area contributed by atoms with Crippen LogP contribution >= 0.6 is 0 Å². The Morgan fingerprint density at radius 1 is 1.46 bits per heavy atom. The first-order valence-electron chi connectivity index (χ1n) is 5.16. The zero-order valence-electron chi connectivity index (χ0n) is 8.21. The molecule has 0 saturated carbocycles. The Bertz CT molecular complexity index is 278. The number of nitrogens with zero attached hydrogens (tertiary/aromatic N) is 2. The van der Waals surface area contributed by atoms with Crippen molar-refractivity contribution in [3.8, 4) is 0 Å². The van der Waals surface area contributed by atoms with Crippen LogP contribution in [0.3, 0.4) is 0 Å². The van der Waals surface area contributed by atoms with Crippen LogP contribution in [0.2, 0.25) is 0 Å². The average molecular weight is 179 g/mol. The van der Waals surface area contributed by atoms with Gasteiger partial charge in [0.2, 0.25) is 0 Å². The Hall–Kier alpha value is -0.830. The molecule has 1 N–H and O–H groups in total. The molecule has 13 heavy (non-hydrogen) atoms. The molecule has 2 heterocycles. The van der Waals surface area contributed by atoms with Gasteiger partial charge in [-0.05, 0) is 24.9 Å². The maximum atomic E-state index is 4.42. The monoisotopic (exact) mass is 179 g/mol. The molecule has 0 amide bonds. The van der Waals surface area contributed by atoms with E-state index in [0.29, 0.717) is 0 Å². The Morgan fingerprint density at radius 3 is 3.15 bits per heavy atom. The minimum Gasteiger partial charge on any atom is -0.316 e. The Balaban J connectivity index is 2.23. The normalized spacial score (nSPS) is 16.7. The molecule has 0 spiro atoms. The largest absolute Gasteiger partial charge is 0.316 e. The van der Waals surface area contributed by atoms with Crippen LogP contribution in [0.1, 0.15) is 24.6 Å². The summed E-state index contributed by atoms with van der Waals surface area (Å²) in [5.74, 6) is 0. The lowest BCUT2D eigenvalue weighted by Crippen LogP contribution is -2.17. The highest BCUT2D eigenvalue weighted by atomic mass is 15.3. The topological polar surface area (TPSA) is 29.9 Å². The molecule has 1 aromatic heterocycles. The minimum absolute atomic E-state index is 1.06. The second-order valence-electron chi connectivity index (χ2n) is 3.59. The number of hydrogen-bond acceptors (Lipinski definition) is 2. The van der Waals surface area contributed by atoms with Crippen LogP contribution < -0.4 is 5.32 Å². The molecule has 0 bridgehead atoms. The first kappa shape index (κ1) is 8.75. The Morgan fingerprint density at radius 2 is 2.31 bits per heavy atom. The SMILES string of the molecule is CCCn1ncc2c1CCNCC2. The predicted octanol–water partition coefficient (Wildman–Crippen LogP) is 0.981. The third-order valence-corrected chi connectivity index (χ3v) is 2.58. The van der Waals surface area contributed by atoms with Gasteiger partial charge in [0, 0.05) is 25.2 Å². The summed E-state index contributed by atoms with van der Waals surface area (Å²) < 4.78 is 2.17. The van der Waals surface area contributed by atoms with Gasteiger partial charge in [0.15, 0.2) is 0 Å². The van der Waals surface area contributed by atoms with Crippen molar-refractivity contribution in [1.29, 1.82) is 0 Å². The lowest BCUT2D eigenvalue weighted by Gasteiger charge is -2.05. The number of aryl methyl sites for hydroxylation is 1. The van der Waals surface area contributed by atoms with E-state index < -0.39 is 0 Å². The molecule has 1 aliphatic heterocycles. The van der Waals surface area contributed by atoms with Crippen LogP contribution in [0.5, 0.6) is 0 Å². The molecule has 0 unspecified atom stereocenters. The lowest BCUT2D eigenvalue weighted by atomic mass is 10.1. The number of nitrogens with one attached hydrogen (secondary N) is 1. The lowest BCUT2D eigenvalue weighted by molar-refractivity contribution is 0.568. The molecule has 3 heteroatoms. The van der Waals surface area contributed by atoms with Gasteiger partial charge in [0.1, 0.15) is 0 Å². The van der Waals surface area contributed by atoms with Crippen molar-refractivity contribution in [2.45, 2.75) is 32.7 Å². The second-order valence-corrected chi connectivity index (χ2v) is 3.59. The number of rotatable bonds is 2. The van der Waals surface area contributed by atoms with Crippen molar-refractivity contribution < 1.29 is 0 Å². The third kappa shape index (κ3) is 1.75. The predicted molar refractivity (Wildman–Crippen MR) is 52.8 cm³/mol. The number of hydrogen-bond donors (Lipinski definition) is 1. The molecule has 0 radical (unpaired) electrons. The van der Waals surface area contributed by atoms with Gasteiger partial charge in [0.25, 0.3) is 0 Å². The van der Waals surface area contributed by atoms with Gasteiger partial charge in [-0.25, -0.2) is 0 Å². The number of fused-ring (bicyclic) bond motifs is 1. The Kier molecular flexibility index (Phi) is 2.64. The fourth-order valence-electron chi connectivity index (χ4n) is 1.91. The summed E-state index contributed by atoms with van der Waals surface area (Å²) in [7, 11) is 0. The first-order chi connectivity index (χ1) is 6.42. The zero-order valence-corrected chi connectivity index (χ0v) is 8.21. The minimum atomic E-state index is 1.06. The van der Waals surface area contributed by atoms with Crippen molar-refractivity contribution in [3.05, 3.63) is 17.5 Å². The van der Waals surface area contributed by atoms with E-state index in [1.807, 2.05) is 6.20 Å². The molecule has 1 aromatic rings. The number of aromatic nitrogens is 2. The molecule has 0 fully saturated rings. The van der Waals surface area contributed by atoms with Crippen LogP contribution in [-0.2, 0) is 19.4 Å². The standard InChI is InChI=1S/C10H17N3/c1-2-7-13-10-4-6-11-5-3-9(10)8-12-13/h8,11H,2-7H2,1H3. The molecule has 1 aliphatic rings. The van der Waals surface area contributed by atoms with E-state index in [2.05, 4.69) is 22.0 Å². The summed E-state index contributed by atoms with van der Waals surface area (Å²) in [6.07, 6.45) is 5.48. The summed E-state index contributed by atoms with van der Waals surface area (Å²) in [5.41, 5.74) is 2.89. The quantitative estimate of drug-likeness (QED) is 0.733. The van der Waals surface area contributed by atoms with Gasteiger partial charge >= 0.3 is 0 Å². The Labute approximate surface area is 79.1 Å². The molecule has 0 saturated heterocycles. The van der Waals surface area contributed by atoms with Crippen LogP contribution in [0.25, 0.3) is 0 Å². The zero-order chi connectivity index (χ0) is 9.10. The van der Waals surface area contributed by atoms with Crippen LogP contribution in [0.15, 0.2) is 6.20 Å². The highest BCUT2D eigenvalue weighted by Crippen LogP contribution is 2.12. The van der Waals surface area contributed by atoms with E-state index in [9.17, 15) is 0 Å². The van der Waals surface area contributed by atoms with Gasteiger partial charge in [0.05, 0.1) is 6.20 Å². The van der Waals surface area contributed by atoms with Crippen molar-refractivity contribution in [2.24, 2.45) is 0 Å². The molecule has 0 aromatic carbocycles. The molecule has 2 rings (SSSR count). The van der Waals surface area contributed by atoms with Gasteiger partial charge in [-0.3, -0.25) is 4.68 Å². The molecule has 0 atom stereocenters.